The predicted octanol–water partition coefficient (Wildman–Crippen LogP) is 2.39. The second kappa shape index (κ2) is 5.42. The Morgan fingerprint density at radius 2 is 1.85 bits per heavy atom. The summed E-state index contributed by atoms with van der Waals surface area (Å²) >= 11 is 0. The number of benzene rings is 2. The van der Waals surface area contributed by atoms with E-state index in [0.717, 1.165) is 5.56 Å². The van der Waals surface area contributed by atoms with Crippen LogP contribution in [0, 0.1) is 6.92 Å². The van der Waals surface area contributed by atoms with Crippen LogP contribution in [0.25, 0.3) is 0 Å². The average Bonchev–Trinajstić information content (AvgIpc) is 2.41. The zero-order valence-electron chi connectivity index (χ0n) is 11.3. The number of nitrogens with two attached hydrogens (primary N) is 1. The van der Waals surface area contributed by atoms with Gasteiger partial charge >= 0.3 is 0 Å². The Balaban J connectivity index is 2.41. The highest BCUT2D eigenvalue weighted by atomic mass is 32.2. The van der Waals surface area contributed by atoms with Crippen molar-refractivity contribution >= 4 is 21.4 Å². The number of hydrogen-bond acceptors (Lipinski definition) is 4. The Labute approximate surface area is 118 Å². The zero-order valence-corrected chi connectivity index (χ0v) is 12.1. The van der Waals surface area contributed by atoms with Gasteiger partial charge in [-0.2, -0.15) is 0 Å². The molecule has 0 atom stereocenters. The van der Waals surface area contributed by atoms with Crippen molar-refractivity contribution in [1.29, 1.82) is 0 Å². The van der Waals surface area contributed by atoms with Crippen LogP contribution in [0.3, 0.4) is 0 Å². The lowest BCUT2D eigenvalue weighted by Gasteiger charge is -2.13. The third kappa shape index (κ3) is 2.85. The number of aryl methyl sites for hydroxylation is 1. The van der Waals surface area contributed by atoms with Gasteiger partial charge in [0.05, 0.1) is 18.5 Å². The molecule has 6 heteroatoms. The second-order valence-electron chi connectivity index (χ2n) is 4.35. The fourth-order valence-corrected chi connectivity index (χ4v) is 3.01. The van der Waals surface area contributed by atoms with Gasteiger partial charge in [-0.3, -0.25) is 4.72 Å². The van der Waals surface area contributed by atoms with Crippen LogP contribution in [0.15, 0.2) is 47.4 Å². The Morgan fingerprint density at radius 1 is 1.15 bits per heavy atom. The smallest absolute Gasteiger partial charge is 0.264 e. The molecule has 0 aliphatic carbocycles. The number of methoxy groups -OCH3 is 1. The molecule has 106 valence electrons. The molecule has 0 heterocycles. The molecule has 0 saturated carbocycles. The van der Waals surface area contributed by atoms with E-state index in [1.54, 1.807) is 36.4 Å². The van der Waals surface area contributed by atoms with Crippen LogP contribution in [0.5, 0.6) is 5.75 Å². The molecule has 0 aliphatic heterocycles. The lowest BCUT2D eigenvalue weighted by Crippen LogP contribution is -2.15. The van der Waals surface area contributed by atoms with Gasteiger partial charge in [0.25, 0.3) is 10.0 Å². The van der Waals surface area contributed by atoms with Crippen LogP contribution < -0.4 is 15.2 Å². The number of rotatable bonds is 4. The van der Waals surface area contributed by atoms with Gasteiger partial charge in [-0.25, -0.2) is 8.42 Å². The van der Waals surface area contributed by atoms with Crippen molar-refractivity contribution in [2.45, 2.75) is 11.8 Å². The molecule has 0 radical (unpaired) electrons. The number of ether oxygens (including phenoxy) is 1. The molecule has 0 spiro atoms. The number of nitrogens with one attached hydrogen (secondary N) is 1. The van der Waals surface area contributed by atoms with Crippen molar-refractivity contribution in [3.05, 3.63) is 48.0 Å². The minimum Gasteiger partial charge on any atom is -0.495 e. The van der Waals surface area contributed by atoms with E-state index < -0.39 is 10.0 Å². The lowest BCUT2D eigenvalue weighted by atomic mass is 10.2. The summed E-state index contributed by atoms with van der Waals surface area (Å²) in [5.41, 5.74) is 7.26. The highest BCUT2D eigenvalue weighted by Gasteiger charge is 2.18. The van der Waals surface area contributed by atoms with Crippen molar-refractivity contribution in [1.82, 2.24) is 0 Å². The van der Waals surface area contributed by atoms with E-state index in [1.165, 1.54) is 13.2 Å². The summed E-state index contributed by atoms with van der Waals surface area (Å²) < 4.78 is 32.3. The zero-order chi connectivity index (χ0) is 14.8. The summed E-state index contributed by atoms with van der Waals surface area (Å²) in [5, 5.41) is 0. The van der Waals surface area contributed by atoms with Gasteiger partial charge in [-0.15, -0.1) is 0 Å². The molecule has 0 saturated heterocycles. The van der Waals surface area contributed by atoms with Crippen LogP contribution in [0.1, 0.15) is 5.56 Å². The van der Waals surface area contributed by atoms with Crippen LogP contribution >= 0.6 is 0 Å². The normalized spacial score (nSPS) is 11.1. The first kappa shape index (κ1) is 14.2. The van der Waals surface area contributed by atoms with E-state index in [9.17, 15) is 8.42 Å². The topological polar surface area (TPSA) is 81.4 Å². The minimum absolute atomic E-state index is 0.0441. The highest BCUT2D eigenvalue weighted by Crippen LogP contribution is 2.28. The molecule has 0 amide bonds. The van der Waals surface area contributed by atoms with Crippen molar-refractivity contribution < 1.29 is 13.2 Å². The maximum absolute atomic E-state index is 12.3. The molecule has 3 N–H and O–H groups in total. The molecule has 2 aromatic carbocycles. The molecule has 0 aliphatic rings. The van der Waals surface area contributed by atoms with Crippen LogP contribution in [0.4, 0.5) is 11.4 Å². The maximum atomic E-state index is 12.3. The number of para-hydroxylation sites is 1. The summed E-state index contributed by atoms with van der Waals surface area (Å²) in [6, 6.07) is 11.5. The van der Waals surface area contributed by atoms with Crippen molar-refractivity contribution in [3.63, 3.8) is 0 Å². The average molecular weight is 292 g/mol. The Bertz CT molecular complexity index is 727. The number of nitrogen functional groups attached to an aromatic ring is 1. The van der Waals surface area contributed by atoms with Gasteiger partial charge < -0.3 is 10.5 Å². The molecule has 0 fully saturated rings. The Hall–Kier alpha value is -2.21. The molecular formula is C14H16N2O3S. The molecule has 0 aromatic heterocycles. The molecule has 0 bridgehead atoms. The summed E-state index contributed by atoms with van der Waals surface area (Å²) in [4.78, 5) is 0.0441. The summed E-state index contributed by atoms with van der Waals surface area (Å²) in [6.07, 6.45) is 0. The third-order valence-electron chi connectivity index (χ3n) is 2.81. The van der Waals surface area contributed by atoms with Gasteiger partial charge in [-0.1, -0.05) is 18.2 Å². The van der Waals surface area contributed by atoms with E-state index in [-0.39, 0.29) is 10.6 Å². The fraction of sp³-hybridized carbons (Fsp3) is 0.143. The van der Waals surface area contributed by atoms with Crippen molar-refractivity contribution in [2.24, 2.45) is 0 Å². The first-order chi connectivity index (χ1) is 9.44. The predicted molar refractivity (Wildman–Crippen MR) is 79.4 cm³/mol. The molecular weight excluding hydrogens is 276 g/mol. The van der Waals surface area contributed by atoms with Crippen LogP contribution in [0.2, 0.25) is 0 Å². The Kier molecular flexibility index (Phi) is 3.85. The molecule has 5 nitrogen and oxygen atoms in total. The van der Waals surface area contributed by atoms with E-state index in [0.29, 0.717) is 11.4 Å². The van der Waals surface area contributed by atoms with Crippen LogP contribution in [-0.2, 0) is 10.0 Å². The lowest BCUT2D eigenvalue weighted by molar-refractivity contribution is 0.416. The van der Waals surface area contributed by atoms with Crippen molar-refractivity contribution in [2.75, 3.05) is 17.6 Å². The highest BCUT2D eigenvalue weighted by molar-refractivity contribution is 7.92. The first-order valence-corrected chi connectivity index (χ1v) is 7.44. The van der Waals surface area contributed by atoms with Gasteiger partial charge in [0.2, 0.25) is 0 Å². The van der Waals surface area contributed by atoms with Gasteiger partial charge in [-0.05, 0) is 36.8 Å². The van der Waals surface area contributed by atoms with Gasteiger partial charge in [0.15, 0.2) is 0 Å². The minimum atomic E-state index is -3.74. The second-order valence-corrected chi connectivity index (χ2v) is 6.00. The van der Waals surface area contributed by atoms with E-state index >= 15 is 0 Å². The number of sulfonamides is 1. The molecule has 0 unspecified atom stereocenters. The quantitative estimate of drug-likeness (QED) is 0.848. The number of hydrogen-bond donors (Lipinski definition) is 2. The number of anilines is 2. The summed E-state index contributed by atoms with van der Waals surface area (Å²) in [5.74, 6) is 0.461. The Morgan fingerprint density at radius 3 is 2.50 bits per heavy atom. The van der Waals surface area contributed by atoms with Gasteiger partial charge in [0, 0.05) is 0 Å². The standard InChI is InChI=1S/C14H16N2O3S/c1-10-7-8-12(13(9-10)19-2)16-20(17,18)14-6-4-3-5-11(14)15/h3-9,16H,15H2,1-2H3. The summed E-state index contributed by atoms with van der Waals surface area (Å²) in [6.45, 7) is 1.90. The van der Waals surface area contributed by atoms with Crippen molar-refractivity contribution in [3.8, 4) is 5.75 Å². The SMILES string of the molecule is COc1cc(C)ccc1NS(=O)(=O)c1ccccc1N. The van der Waals surface area contributed by atoms with Gasteiger partial charge in [0.1, 0.15) is 10.6 Å². The van der Waals surface area contributed by atoms with E-state index in [2.05, 4.69) is 4.72 Å². The first-order valence-electron chi connectivity index (χ1n) is 5.96. The largest absolute Gasteiger partial charge is 0.495 e. The summed E-state index contributed by atoms with van der Waals surface area (Å²) in [7, 11) is -2.25. The van der Waals surface area contributed by atoms with E-state index in [1.807, 2.05) is 6.92 Å². The molecule has 2 aromatic rings. The molecule has 20 heavy (non-hydrogen) atoms. The third-order valence-corrected chi connectivity index (χ3v) is 4.25. The van der Waals surface area contributed by atoms with E-state index in [4.69, 9.17) is 10.5 Å². The van der Waals surface area contributed by atoms with Crippen LogP contribution in [-0.4, -0.2) is 15.5 Å². The molecule has 2 rings (SSSR count). The monoisotopic (exact) mass is 292 g/mol. The maximum Gasteiger partial charge on any atom is 0.264 e. The fourth-order valence-electron chi connectivity index (χ4n) is 1.81.